The summed E-state index contributed by atoms with van der Waals surface area (Å²) >= 11 is 10.5. The van der Waals surface area contributed by atoms with Crippen molar-refractivity contribution in [1.82, 2.24) is 10.2 Å². The molecule has 3 atom stereocenters. The molecule has 0 saturated heterocycles. The molecule has 0 radical (unpaired) electrons. The summed E-state index contributed by atoms with van der Waals surface area (Å²) in [4.78, 5) is 59.5. The molecule has 3 aromatic rings. The minimum absolute atomic E-state index is 0.0410. The van der Waals surface area contributed by atoms with Crippen LogP contribution in [0, 0.1) is 0 Å². The van der Waals surface area contributed by atoms with E-state index < -0.39 is 48.5 Å². The molecule has 1 aliphatic heterocycles. The molecule has 0 bridgehead atoms. The fourth-order valence-electron chi connectivity index (χ4n) is 4.57. The number of nitrogens with zero attached hydrogens (tertiary/aromatic N) is 3. The monoisotopic (exact) mass is 607 g/mol. The molecule has 4 N–H and O–H groups in total. The minimum atomic E-state index is -1.39. The first-order chi connectivity index (χ1) is 20.1. The molecule has 0 saturated carbocycles. The van der Waals surface area contributed by atoms with Gasteiger partial charge in [-0.1, -0.05) is 72.3 Å². The summed E-state index contributed by atoms with van der Waals surface area (Å²) in [6.07, 6.45) is -1.35. The van der Waals surface area contributed by atoms with Gasteiger partial charge in [-0.25, -0.2) is 9.79 Å². The van der Waals surface area contributed by atoms with Gasteiger partial charge in [0, 0.05) is 35.4 Å². The highest BCUT2D eigenvalue weighted by molar-refractivity contribution is 7.80. The second-order valence-electron chi connectivity index (χ2n) is 9.69. The van der Waals surface area contributed by atoms with E-state index in [1.54, 1.807) is 72.8 Å². The molecule has 3 aromatic carbocycles. The maximum absolute atomic E-state index is 14.1. The molecule has 4 rings (SSSR count). The first-order valence-electron chi connectivity index (χ1n) is 13.0. The summed E-state index contributed by atoms with van der Waals surface area (Å²) in [5, 5.41) is 12.7. The number of aliphatic carboxylic acids is 1. The predicted molar refractivity (Wildman–Crippen MR) is 164 cm³/mol. The topological polar surface area (TPSA) is 145 Å². The van der Waals surface area contributed by atoms with Gasteiger partial charge in [-0.3, -0.25) is 19.3 Å². The smallest absolute Gasteiger partial charge is 0.326 e. The van der Waals surface area contributed by atoms with Crippen molar-refractivity contribution >= 4 is 59.3 Å². The van der Waals surface area contributed by atoms with Crippen molar-refractivity contribution in [2.45, 2.75) is 24.7 Å². The lowest BCUT2D eigenvalue weighted by atomic mass is 10.00. The number of hydrogen-bond acceptors (Lipinski definition) is 7. The number of rotatable bonds is 10. The van der Waals surface area contributed by atoms with Gasteiger partial charge < -0.3 is 21.1 Å². The average molecular weight is 608 g/mol. The molecule has 218 valence electrons. The molecule has 10 nitrogen and oxygen atoms in total. The van der Waals surface area contributed by atoms with Gasteiger partial charge in [0.25, 0.3) is 5.91 Å². The average Bonchev–Trinajstić information content (AvgIpc) is 3.10. The summed E-state index contributed by atoms with van der Waals surface area (Å²) in [6.45, 7) is -0.541. The highest BCUT2D eigenvalue weighted by Gasteiger charge is 2.38. The Labute approximate surface area is 253 Å². The second kappa shape index (κ2) is 13.6. The zero-order chi connectivity index (χ0) is 30.4. The molecular formula is C30H30ClN5O5S. The molecule has 0 aromatic heterocycles. The quantitative estimate of drug-likeness (QED) is 0.260. The number of benzodiazepines with no additional fused rings is 1. The van der Waals surface area contributed by atoms with Crippen LogP contribution in [0.1, 0.15) is 16.7 Å². The Bertz CT molecular complexity index is 1500. The van der Waals surface area contributed by atoms with Crippen LogP contribution in [0.2, 0.25) is 5.02 Å². The number of aliphatic imine (C=N–C) groups is 1. The summed E-state index contributed by atoms with van der Waals surface area (Å²) in [5.74, 6) is -3.14. The number of carboxylic acid groups (broad SMARTS) is 1. The molecule has 1 heterocycles. The number of fused-ring (bicyclic) bond motifs is 1. The summed E-state index contributed by atoms with van der Waals surface area (Å²) in [5.41, 5.74) is 8.46. The fourth-order valence-corrected chi connectivity index (χ4v) is 4.90. The Hall–Kier alpha value is -4.19. The SMILES string of the molecule is CN(C(=O)C(N)CS)C1N=C(c2ccccc2)c2cc(Cl)ccc2N(CC(=O)N[C@@H](Cc2ccccc2)C(=O)O)C1=O. The van der Waals surface area contributed by atoms with Crippen LogP contribution in [-0.4, -0.2) is 77.0 Å². The zero-order valence-electron chi connectivity index (χ0n) is 22.7. The maximum Gasteiger partial charge on any atom is 0.326 e. The molecule has 42 heavy (non-hydrogen) atoms. The van der Waals surface area contributed by atoms with Gasteiger partial charge in [-0.15, -0.1) is 0 Å². The maximum atomic E-state index is 14.1. The Morgan fingerprint density at radius 2 is 1.74 bits per heavy atom. The number of carbonyl (C=O) groups excluding carboxylic acids is 3. The number of nitrogens with two attached hydrogens (primary N) is 1. The van der Waals surface area contributed by atoms with Crippen LogP contribution in [0.5, 0.6) is 0 Å². The predicted octanol–water partition coefficient (Wildman–Crippen LogP) is 2.38. The molecular weight excluding hydrogens is 578 g/mol. The fraction of sp³-hybridized carbons (Fsp3) is 0.233. The molecule has 12 heteroatoms. The Morgan fingerprint density at radius 1 is 1.10 bits per heavy atom. The third-order valence-corrected chi connectivity index (χ3v) is 7.36. The normalized spacial score (nSPS) is 16.0. The number of carboxylic acids is 1. The molecule has 0 fully saturated rings. The number of hydrogen-bond donors (Lipinski definition) is 4. The first-order valence-corrected chi connectivity index (χ1v) is 14.1. The Morgan fingerprint density at radius 3 is 2.36 bits per heavy atom. The number of carbonyl (C=O) groups is 4. The van der Waals surface area contributed by atoms with Crippen molar-refractivity contribution in [1.29, 1.82) is 0 Å². The van der Waals surface area contributed by atoms with Gasteiger partial charge in [-0.05, 0) is 23.8 Å². The van der Waals surface area contributed by atoms with E-state index in [0.717, 1.165) is 10.5 Å². The van der Waals surface area contributed by atoms with Gasteiger partial charge in [-0.2, -0.15) is 12.6 Å². The third-order valence-electron chi connectivity index (χ3n) is 6.74. The van der Waals surface area contributed by atoms with E-state index in [1.807, 2.05) is 6.07 Å². The van der Waals surface area contributed by atoms with Gasteiger partial charge in [0.05, 0.1) is 17.4 Å². The number of benzene rings is 3. The summed E-state index contributed by atoms with van der Waals surface area (Å²) in [6, 6.07) is 20.5. The first kappa shape index (κ1) is 30.8. The highest BCUT2D eigenvalue weighted by Crippen LogP contribution is 2.31. The second-order valence-corrected chi connectivity index (χ2v) is 10.5. The summed E-state index contributed by atoms with van der Waals surface area (Å²) in [7, 11) is 1.40. The molecule has 0 spiro atoms. The number of likely N-dealkylation sites (N-methyl/N-ethyl adjacent to an activating group) is 1. The van der Waals surface area contributed by atoms with E-state index in [9.17, 15) is 24.3 Å². The lowest BCUT2D eigenvalue weighted by Crippen LogP contribution is -2.55. The largest absolute Gasteiger partial charge is 0.480 e. The van der Waals surface area contributed by atoms with Crippen molar-refractivity contribution in [2.75, 3.05) is 24.2 Å². The highest BCUT2D eigenvalue weighted by atomic mass is 35.5. The van der Waals surface area contributed by atoms with Crippen molar-refractivity contribution in [2.24, 2.45) is 10.7 Å². The van der Waals surface area contributed by atoms with E-state index in [1.165, 1.54) is 11.9 Å². The van der Waals surface area contributed by atoms with Crippen LogP contribution in [0.15, 0.2) is 83.9 Å². The number of thiol groups is 1. The van der Waals surface area contributed by atoms with Crippen LogP contribution in [0.25, 0.3) is 0 Å². The molecule has 2 unspecified atom stereocenters. The lowest BCUT2D eigenvalue weighted by molar-refractivity contribution is -0.141. The number of halogens is 1. The van der Waals surface area contributed by atoms with Crippen LogP contribution in [0.3, 0.4) is 0 Å². The third kappa shape index (κ3) is 6.99. The molecule has 0 aliphatic carbocycles. The van der Waals surface area contributed by atoms with Crippen LogP contribution in [-0.2, 0) is 25.6 Å². The van der Waals surface area contributed by atoms with Gasteiger partial charge in [0.2, 0.25) is 18.0 Å². The lowest BCUT2D eigenvalue weighted by Gasteiger charge is -2.30. The Balaban J connectivity index is 1.75. The molecule has 3 amide bonds. The van der Waals surface area contributed by atoms with Gasteiger partial charge >= 0.3 is 5.97 Å². The minimum Gasteiger partial charge on any atom is -0.480 e. The standard InChI is InChI=1S/C30H30ClN5O5S/c1-35(28(38)22(32)17-42)27-29(39)36(16-25(37)33-23(30(40)41)14-18-8-4-2-5-9-18)24-13-12-20(31)15-21(24)26(34-27)19-10-6-3-7-11-19/h2-13,15,22-23,27,42H,14,16-17,32H2,1H3,(H,33,37)(H,40,41)/t22?,23-,27?/m0/s1. The Kier molecular flexibility index (Phi) is 10.00. The molecule has 1 aliphatic rings. The van der Waals surface area contributed by atoms with Crippen molar-refractivity contribution in [3.63, 3.8) is 0 Å². The van der Waals surface area contributed by atoms with Gasteiger partial charge in [0.15, 0.2) is 0 Å². The van der Waals surface area contributed by atoms with Gasteiger partial charge in [0.1, 0.15) is 12.6 Å². The van der Waals surface area contributed by atoms with Crippen LogP contribution in [0.4, 0.5) is 5.69 Å². The van der Waals surface area contributed by atoms with E-state index in [4.69, 9.17) is 22.3 Å². The van der Waals surface area contributed by atoms with E-state index in [-0.39, 0.29) is 12.2 Å². The van der Waals surface area contributed by atoms with E-state index in [2.05, 4.69) is 17.9 Å². The number of amides is 3. The van der Waals surface area contributed by atoms with E-state index >= 15 is 0 Å². The number of nitrogens with one attached hydrogen (secondary N) is 1. The van der Waals surface area contributed by atoms with Crippen molar-refractivity contribution in [3.05, 3.63) is 101 Å². The van der Waals surface area contributed by atoms with Crippen LogP contribution < -0.4 is 16.0 Å². The summed E-state index contributed by atoms with van der Waals surface area (Å²) < 4.78 is 0. The van der Waals surface area contributed by atoms with Crippen LogP contribution >= 0.6 is 24.2 Å². The zero-order valence-corrected chi connectivity index (χ0v) is 24.3. The van der Waals surface area contributed by atoms with E-state index in [0.29, 0.717) is 27.5 Å². The number of anilines is 1. The van der Waals surface area contributed by atoms with Crippen molar-refractivity contribution in [3.8, 4) is 0 Å². The van der Waals surface area contributed by atoms with Crippen molar-refractivity contribution < 1.29 is 24.3 Å².